The van der Waals surface area contributed by atoms with Crippen LogP contribution >= 0.6 is 11.8 Å². The van der Waals surface area contributed by atoms with Crippen LogP contribution in [-0.2, 0) is 6.42 Å². The van der Waals surface area contributed by atoms with Gasteiger partial charge in [-0.25, -0.2) is 0 Å². The van der Waals surface area contributed by atoms with Crippen LogP contribution in [0.5, 0.6) is 0 Å². The molecule has 1 unspecified atom stereocenters. The molecule has 1 aliphatic heterocycles. The van der Waals surface area contributed by atoms with Crippen molar-refractivity contribution in [1.29, 1.82) is 0 Å². The lowest BCUT2D eigenvalue weighted by Gasteiger charge is -2.09. The number of nitrogens with one attached hydrogen (secondary N) is 1. The van der Waals surface area contributed by atoms with E-state index in [1.165, 1.54) is 49.1 Å². The zero-order valence-electron chi connectivity index (χ0n) is 10.7. The summed E-state index contributed by atoms with van der Waals surface area (Å²) in [7, 11) is 0. The number of benzene rings is 1. The van der Waals surface area contributed by atoms with Crippen molar-refractivity contribution >= 4 is 11.8 Å². The third-order valence-electron chi connectivity index (χ3n) is 3.41. The largest absolute Gasteiger partial charge is 0.314 e. The highest BCUT2D eigenvalue weighted by Crippen LogP contribution is 2.19. The first-order chi connectivity index (χ1) is 8.38. The van der Waals surface area contributed by atoms with Gasteiger partial charge in [0, 0.05) is 10.9 Å². The fourth-order valence-electron chi connectivity index (χ4n) is 2.47. The van der Waals surface area contributed by atoms with E-state index >= 15 is 0 Å². The Morgan fingerprint density at radius 3 is 2.76 bits per heavy atom. The van der Waals surface area contributed by atoms with Crippen LogP contribution in [0.2, 0.25) is 0 Å². The zero-order chi connectivity index (χ0) is 11.9. The van der Waals surface area contributed by atoms with Crippen molar-refractivity contribution < 1.29 is 0 Å². The fraction of sp³-hybridized carbons (Fsp3) is 0.600. The Kier molecular flexibility index (Phi) is 5.40. The molecule has 2 rings (SSSR count). The number of hydrogen-bond acceptors (Lipinski definition) is 2. The summed E-state index contributed by atoms with van der Waals surface area (Å²) < 4.78 is 0. The van der Waals surface area contributed by atoms with E-state index in [0.717, 1.165) is 11.8 Å². The van der Waals surface area contributed by atoms with Crippen molar-refractivity contribution in [2.45, 2.75) is 50.0 Å². The van der Waals surface area contributed by atoms with E-state index < -0.39 is 0 Å². The Bertz CT molecular complexity index is 314. The molecule has 1 atom stereocenters. The summed E-state index contributed by atoms with van der Waals surface area (Å²) >= 11 is 1.92. The Hall–Kier alpha value is -0.470. The highest BCUT2D eigenvalue weighted by Gasteiger charge is 2.12. The van der Waals surface area contributed by atoms with Crippen molar-refractivity contribution in [3.05, 3.63) is 29.8 Å². The normalized spacial score (nSPS) is 19.7. The number of aryl methyl sites for hydroxylation is 1. The number of hydrogen-bond donors (Lipinski definition) is 1. The molecule has 1 saturated heterocycles. The lowest BCUT2D eigenvalue weighted by Crippen LogP contribution is -2.20. The molecule has 1 heterocycles. The molecule has 0 amide bonds. The lowest BCUT2D eigenvalue weighted by molar-refractivity contribution is 0.536. The van der Waals surface area contributed by atoms with Gasteiger partial charge in [0.05, 0.1) is 0 Å². The summed E-state index contributed by atoms with van der Waals surface area (Å²) in [6, 6.07) is 9.90. The van der Waals surface area contributed by atoms with E-state index in [1.54, 1.807) is 0 Å². The van der Waals surface area contributed by atoms with Crippen molar-refractivity contribution in [3.8, 4) is 0 Å². The maximum absolute atomic E-state index is 3.57. The molecule has 1 aromatic rings. The van der Waals surface area contributed by atoms with Gasteiger partial charge in [0.1, 0.15) is 0 Å². The van der Waals surface area contributed by atoms with Crippen LogP contribution in [0.3, 0.4) is 0 Å². The third-order valence-corrected chi connectivity index (χ3v) is 4.31. The summed E-state index contributed by atoms with van der Waals surface area (Å²) in [4.78, 5) is 1.40. The van der Waals surface area contributed by atoms with E-state index in [9.17, 15) is 0 Å². The van der Waals surface area contributed by atoms with Crippen LogP contribution in [0.25, 0.3) is 0 Å². The molecular weight excluding hydrogens is 226 g/mol. The number of rotatable bonds is 6. The Labute approximate surface area is 109 Å². The van der Waals surface area contributed by atoms with Crippen molar-refractivity contribution in [2.75, 3.05) is 12.3 Å². The van der Waals surface area contributed by atoms with Gasteiger partial charge in [0.15, 0.2) is 0 Å². The minimum absolute atomic E-state index is 0.796. The fourth-order valence-corrected chi connectivity index (χ4v) is 3.14. The molecule has 1 fully saturated rings. The maximum Gasteiger partial charge on any atom is 0.00720 e. The van der Waals surface area contributed by atoms with Crippen molar-refractivity contribution in [2.24, 2.45) is 0 Å². The van der Waals surface area contributed by atoms with E-state index in [2.05, 4.69) is 36.5 Å². The van der Waals surface area contributed by atoms with E-state index in [-0.39, 0.29) is 0 Å². The monoisotopic (exact) mass is 249 g/mol. The molecule has 0 bridgehead atoms. The van der Waals surface area contributed by atoms with Gasteiger partial charge in [-0.15, -0.1) is 11.8 Å². The van der Waals surface area contributed by atoms with Gasteiger partial charge in [0.25, 0.3) is 0 Å². The lowest BCUT2D eigenvalue weighted by atomic mass is 10.0. The molecule has 0 radical (unpaired) electrons. The zero-order valence-corrected chi connectivity index (χ0v) is 11.6. The third kappa shape index (κ3) is 4.36. The van der Waals surface area contributed by atoms with Crippen LogP contribution in [0, 0.1) is 0 Å². The van der Waals surface area contributed by atoms with Gasteiger partial charge in [-0.05, 0) is 62.1 Å². The molecule has 1 aromatic carbocycles. The Balaban J connectivity index is 1.70. The first-order valence-corrected chi connectivity index (χ1v) is 7.82. The minimum atomic E-state index is 0.796. The van der Waals surface area contributed by atoms with Crippen LogP contribution in [0.4, 0.5) is 0 Å². The average Bonchev–Trinajstić information content (AvgIpc) is 2.85. The Morgan fingerprint density at radius 1 is 1.29 bits per heavy atom. The summed E-state index contributed by atoms with van der Waals surface area (Å²) in [5.41, 5.74) is 1.49. The standard InChI is InChI=1S/C15H23NS/c1-2-17-15-10-8-13(9-11-15)5-3-6-14-7-4-12-16-14/h8-11,14,16H,2-7,12H2,1H3. The summed E-state index contributed by atoms with van der Waals surface area (Å²) in [6.45, 7) is 3.43. The molecule has 0 aromatic heterocycles. The first kappa shape index (κ1) is 13.0. The molecule has 17 heavy (non-hydrogen) atoms. The highest BCUT2D eigenvalue weighted by atomic mass is 32.2. The Morgan fingerprint density at radius 2 is 2.12 bits per heavy atom. The summed E-state index contributed by atoms with van der Waals surface area (Å²) in [6.07, 6.45) is 6.64. The molecule has 1 nitrogen and oxygen atoms in total. The van der Waals surface area contributed by atoms with Gasteiger partial charge < -0.3 is 5.32 Å². The summed E-state index contributed by atoms with van der Waals surface area (Å²) in [5.74, 6) is 1.16. The minimum Gasteiger partial charge on any atom is -0.314 e. The highest BCUT2D eigenvalue weighted by molar-refractivity contribution is 7.99. The van der Waals surface area contributed by atoms with E-state index in [4.69, 9.17) is 0 Å². The van der Waals surface area contributed by atoms with Gasteiger partial charge in [0.2, 0.25) is 0 Å². The second kappa shape index (κ2) is 7.07. The molecule has 1 N–H and O–H groups in total. The van der Waals surface area contributed by atoms with Crippen LogP contribution in [0.15, 0.2) is 29.2 Å². The SMILES string of the molecule is CCSc1ccc(CCCC2CCCN2)cc1. The van der Waals surface area contributed by atoms with Gasteiger partial charge >= 0.3 is 0 Å². The summed E-state index contributed by atoms with van der Waals surface area (Å²) in [5, 5.41) is 3.57. The van der Waals surface area contributed by atoms with E-state index in [1.807, 2.05) is 11.8 Å². The predicted molar refractivity (Wildman–Crippen MR) is 76.8 cm³/mol. The molecule has 1 aliphatic rings. The first-order valence-electron chi connectivity index (χ1n) is 6.83. The molecule has 94 valence electrons. The molecule has 2 heteroatoms. The van der Waals surface area contributed by atoms with Gasteiger partial charge in [-0.2, -0.15) is 0 Å². The van der Waals surface area contributed by atoms with Crippen molar-refractivity contribution in [3.63, 3.8) is 0 Å². The maximum atomic E-state index is 3.57. The molecular formula is C15H23NS. The number of thioether (sulfide) groups is 1. The predicted octanol–water partition coefficient (Wildman–Crippen LogP) is 3.87. The van der Waals surface area contributed by atoms with Gasteiger partial charge in [-0.3, -0.25) is 0 Å². The van der Waals surface area contributed by atoms with Crippen LogP contribution < -0.4 is 5.32 Å². The smallest absolute Gasteiger partial charge is 0.00720 e. The van der Waals surface area contributed by atoms with Crippen LogP contribution in [0.1, 0.15) is 38.2 Å². The van der Waals surface area contributed by atoms with Gasteiger partial charge in [-0.1, -0.05) is 19.1 Å². The quantitative estimate of drug-likeness (QED) is 0.768. The topological polar surface area (TPSA) is 12.0 Å². The van der Waals surface area contributed by atoms with Crippen LogP contribution in [-0.4, -0.2) is 18.3 Å². The second-order valence-corrected chi connectivity index (χ2v) is 6.10. The molecule has 0 aliphatic carbocycles. The molecule has 0 saturated carbocycles. The van der Waals surface area contributed by atoms with Crippen molar-refractivity contribution in [1.82, 2.24) is 5.32 Å². The average molecular weight is 249 g/mol. The second-order valence-electron chi connectivity index (χ2n) is 4.76. The van der Waals surface area contributed by atoms with E-state index in [0.29, 0.717) is 0 Å². The molecule has 0 spiro atoms.